The standard InChI is InChI=1S/C19H28N4O7/c1-10(24)15(22-14(26)9-20)18(28)21-13(8-12-6-4-3-5-7-12)17(27)23-16(11(2)25)19(29)30/h3-7,10-11,13,15-16,24-25H,8-9,20H2,1-2H3,(H,21,28)(H,22,26)(H,23,27)(H,29,30)/t10-,11+,13+,15+,16+/m1/s1. The highest BCUT2D eigenvalue weighted by atomic mass is 16.4. The van der Waals surface area contributed by atoms with Crippen LogP contribution in [0.25, 0.3) is 0 Å². The maximum absolute atomic E-state index is 12.7. The number of hydrogen-bond donors (Lipinski definition) is 7. The summed E-state index contributed by atoms with van der Waals surface area (Å²) in [7, 11) is 0. The Labute approximate surface area is 173 Å². The molecule has 166 valence electrons. The highest BCUT2D eigenvalue weighted by molar-refractivity contribution is 5.94. The predicted octanol–water partition coefficient (Wildman–Crippen LogP) is -2.51. The zero-order chi connectivity index (χ0) is 22.8. The van der Waals surface area contributed by atoms with Crippen LogP contribution < -0.4 is 21.7 Å². The maximum Gasteiger partial charge on any atom is 0.328 e. The molecule has 0 saturated carbocycles. The lowest BCUT2D eigenvalue weighted by Gasteiger charge is -2.26. The largest absolute Gasteiger partial charge is 0.480 e. The lowest BCUT2D eigenvalue weighted by Crippen LogP contribution is -2.60. The number of aliphatic hydroxyl groups excluding tert-OH is 2. The third-order valence-corrected chi connectivity index (χ3v) is 4.23. The number of nitrogens with two attached hydrogens (primary N) is 1. The zero-order valence-corrected chi connectivity index (χ0v) is 16.7. The van der Waals surface area contributed by atoms with Crippen molar-refractivity contribution in [2.45, 2.75) is 50.6 Å². The van der Waals surface area contributed by atoms with Crippen LogP contribution in [-0.2, 0) is 25.6 Å². The first kappa shape index (κ1) is 25.0. The van der Waals surface area contributed by atoms with Crippen LogP contribution in [0.2, 0.25) is 0 Å². The molecule has 0 spiro atoms. The monoisotopic (exact) mass is 424 g/mol. The van der Waals surface area contributed by atoms with Gasteiger partial charge in [-0.15, -0.1) is 0 Å². The van der Waals surface area contributed by atoms with E-state index >= 15 is 0 Å². The van der Waals surface area contributed by atoms with Crippen molar-refractivity contribution < 1.29 is 34.5 Å². The molecule has 0 unspecified atom stereocenters. The van der Waals surface area contributed by atoms with Gasteiger partial charge in [0, 0.05) is 6.42 Å². The van der Waals surface area contributed by atoms with E-state index in [1.54, 1.807) is 30.3 Å². The number of aliphatic hydroxyl groups is 2. The first-order valence-corrected chi connectivity index (χ1v) is 9.29. The molecule has 1 aromatic rings. The zero-order valence-electron chi connectivity index (χ0n) is 16.7. The fraction of sp³-hybridized carbons (Fsp3) is 0.474. The van der Waals surface area contributed by atoms with Gasteiger partial charge in [-0.25, -0.2) is 4.79 Å². The van der Waals surface area contributed by atoms with E-state index in [-0.39, 0.29) is 6.42 Å². The van der Waals surface area contributed by atoms with E-state index in [2.05, 4.69) is 16.0 Å². The lowest BCUT2D eigenvalue weighted by atomic mass is 10.0. The van der Waals surface area contributed by atoms with Crippen LogP contribution in [0.15, 0.2) is 30.3 Å². The first-order valence-electron chi connectivity index (χ1n) is 9.29. The molecule has 0 heterocycles. The summed E-state index contributed by atoms with van der Waals surface area (Å²) in [6.07, 6.45) is -2.67. The molecule has 0 aliphatic carbocycles. The minimum Gasteiger partial charge on any atom is -0.480 e. The van der Waals surface area contributed by atoms with Crippen LogP contribution in [0.1, 0.15) is 19.4 Å². The summed E-state index contributed by atoms with van der Waals surface area (Å²) in [5, 5.41) is 35.5. The molecule has 0 aromatic heterocycles. The van der Waals surface area contributed by atoms with E-state index in [4.69, 9.17) is 5.73 Å². The predicted molar refractivity (Wildman–Crippen MR) is 106 cm³/mol. The van der Waals surface area contributed by atoms with Crippen LogP contribution in [0.4, 0.5) is 0 Å². The summed E-state index contributed by atoms with van der Waals surface area (Å²) in [5.41, 5.74) is 5.88. The molecule has 1 rings (SSSR count). The van der Waals surface area contributed by atoms with Gasteiger partial charge in [0.15, 0.2) is 6.04 Å². The highest BCUT2D eigenvalue weighted by Gasteiger charge is 2.32. The second-order valence-corrected chi connectivity index (χ2v) is 6.81. The number of carbonyl (C=O) groups excluding carboxylic acids is 3. The second-order valence-electron chi connectivity index (χ2n) is 6.81. The minimum absolute atomic E-state index is 0.00191. The van der Waals surface area contributed by atoms with Gasteiger partial charge in [-0.3, -0.25) is 14.4 Å². The number of nitrogens with one attached hydrogen (secondary N) is 3. The van der Waals surface area contributed by atoms with Gasteiger partial charge in [-0.1, -0.05) is 30.3 Å². The van der Waals surface area contributed by atoms with E-state index in [1.807, 2.05) is 0 Å². The Morgan fingerprint density at radius 2 is 1.47 bits per heavy atom. The average Bonchev–Trinajstić information content (AvgIpc) is 2.69. The Morgan fingerprint density at radius 3 is 1.93 bits per heavy atom. The topological polar surface area (TPSA) is 191 Å². The van der Waals surface area contributed by atoms with Gasteiger partial charge in [0.05, 0.1) is 18.8 Å². The Balaban J connectivity index is 3.07. The number of carbonyl (C=O) groups is 4. The molecule has 0 radical (unpaired) electrons. The van der Waals surface area contributed by atoms with Crippen molar-refractivity contribution in [3.63, 3.8) is 0 Å². The number of carboxylic acids is 1. The van der Waals surface area contributed by atoms with Crippen molar-refractivity contribution in [2.75, 3.05) is 6.54 Å². The number of rotatable bonds is 11. The van der Waals surface area contributed by atoms with Crippen LogP contribution >= 0.6 is 0 Å². The summed E-state index contributed by atoms with van der Waals surface area (Å²) < 4.78 is 0. The minimum atomic E-state index is -1.59. The number of hydrogen-bond acceptors (Lipinski definition) is 7. The third-order valence-electron chi connectivity index (χ3n) is 4.23. The van der Waals surface area contributed by atoms with Gasteiger partial charge in [0.2, 0.25) is 17.7 Å². The van der Waals surface area contributed by atoms with Gasteiger partial charge >= 0.3 is 5.97 Å². The van der Waals surface area contributed by atoms with Crippen molar-refractivity contribution in [3.8, 4) is 0 Å². The Hall–Kier alpha value is -3.02. The quantitative estimate of drug-likeness (QED) is 0.202. The average molecular weight is 424 g/mol. The lowest BCUT2D eigenvalue weighted by molar-refractivity contribution is -0.145. The molecule has 0 aliphatic rings. The van der Waals surface area contributed by atoms with Crippen molar-refractivity contribution >= 4 is 23.7 Å². The van der Waals surface area contributed by atoms with Gasteiger partial charge in [-0.2, -0.15) is 0 Å². The first-order chi connectivity index (χ1) is 14.1. The fourth-order valence-corrected chi connectivity index (χ4v) is 2.60. The van der Waals surface area contributed by atoms with Crippen LogP contribution in [0, 0.1) is 0 Å². The third kappa shape index (κ3) is 7.78. The molecule has 0 fully saturated rings. The summed E-state index contributed by atoms with van der Waals surface area (Å²) in [5.74, 6) is -3.83. The Morgan fingerprint density at radius 1 is 0.900 bits per heavy atom. The van der Waals surface area contributed by atoms with Crippen LogP contribution in [-0.4, -0.2) is 75.9 Å². The summed E-state index contributed by atoms with van der Waals surface area (Å²) >= 11 is 0. The number of carboxylic acid groups (broad SMARTS) is 1. The molecule has 3 amide bonds. The van der Waals surface area contributed by atoms with Crippen molar-refractivity contribution in [2.24, 2.45) is 5.73 Å². The summed E-state index contributed by atoms with van der Waals surface area (Å²) in [4.78, 5) is 48.1. The molecule has 0 bridgehead atoms. The SMILES string of the molecule is C[C@H](O)[C@H](NC(=O)[C@H](Cc1ccccc1)NC(=O)[C@@H](NC(=O)CN)[C@@H](C)O)C(=O)O. The number of aliphatic carboxylic acids is 1. The molecule has 30 heavy (non-hydrogen) atoms. The maximum atomic E-state index is 12.7. The fourth-order valence-electron chi connectivity index (χ4n) is 2.60. The molecular weight excluding hydrogens is 396 g/mol. The van der Waals surface area contributed by atoms with Gasteiger partial charge in [0.1, 0.15) is 12.1 Å². The second kappa shape index (κ2) is 11.9. The van der Waals surface area contributed by atoms with E-state index in [0.29, 0.717) is 5.56 Å². The molecule has 0 saturated heterocycles. The van der Waals surface area contributed by atoms with Crippen molar-refractivity contribution in [3.05, 3.63) is 35.9 Å². The molecule has 1 aromatic carbocycles. The highest BCUT2D eigenvalue weighted by Crippen LogP contribution is 2.06. The number of amides is 3. The molecule has 11 heteroatoms. The van der Waals surface area contributed by atoms with Gasteiger partial charge < -0.3 is 37.0 Å². The molecule has 0 aliphatic heterocycles. The van der Waals surface area contributed by atoms with E-state index in [0.717, 1.165) is 0 Å². The normalized spacial score (nSPS) is 15.8. The smallest absolute Gasteiger partial charge is 0.328 e. The van der Waals surface area contributed by atoms with Crippen LogP contribution in [0.5, 0.6) is 0 Å². The van der Waals surface area contributed by atoms with Gasteiger partial charge in [-0.05, 0) is 19.4 Å². The Kier molecular flexibility index (Phi) is 9.89. The van der Waals surface area contributed by atoms with Crippen molar-refractivity contribution in [1.82, 2.24) is 16.0 Å². The van der Waals surface area contributed by atoms with Gasteiger partial charge in [0.25, 0.3) is 0 Å². The summed E-state index contributed by atoms with van der Waals surface area (Å²) in [6.45, 7) is 2.08. The molecule has 11 nitrogen and oxygen atoms in total. The molecule has 5 atom stereocenters. The number of benzene rings is 1. The van der Waals surface area contributed by atoms with E-state index < -0.39 is 60.6 Å². The summed E-state index contributed by atoms with van der Waals surface area (Å²) in [6, 6.07) is 4.42. The molecule has 8 N–H and O–H groups in total. The Bertz CT molecular complexity index is 740. The van der Waals surface area contributed by atoms with Crippen LogP contribution in [0.3, 0.4) is 0 Å². The van der Waals surface area contributed by atoms with Crippen molar-refractivity contribution in [1.29, 1.82) is 0 Å². The van der Waals surface area contributed by atoms with E-state index in [9.17, 15) is 34.5 Å². The van der Waals surface area contributed by atoms with E-state index in [1.165, 1.54) is 13.8 Å². The molecular formula is C19H28N4O7.